The van der Waals surface area contributed by atoms with E-state index < -0.39 is 19.4 Å². The molecule has 0 fully saturated rings. The van der Waals surface area contributed by atoms with Crippen molar-refractivity contribution in [3.05, 3.63) is 0 Å². The van der Waals surface area contributed by atoms with Gasteiger partial charge in [0.2, 0.25) is 0 Å². The van der Waals surface area contributed by atoms with E-state index in [9.17, 15) is 9.36 Å². The minimum Gasteiger partial charge on any atom is -0.478 e. The van der Waals surface area contributed by atoms with Gasteiger partial charge in [0, 0.05) is 13.0 Å². The lowest BCUT2D eigenvalue weighted by Gasteiger charge is -1.98. The molecule has 76 valence electrons. The highest BCUT2D eigenvalue weighted by Gasteiger charge is 2.34. The second kappa shape index (κ2) is 6.98. The summed E-state index contributed by atoms with van der Waals surface area (Å²) in [4.78, 5) is 10.6. The van der Waals surface area contributed by atoms with Crippen LogP contribution in [0.1, 0.15) is 20.3 Å². The third-order valence-corrected chi connectivity index (χ3v) is 3.58. The van der Waals surface area contributed by atoms with Crippen molar-refractivity contribution in [1.29, 1.82) is 0 Å². The van der Waals surface area contributed by atoms with Gasteiger partial charge in [-0.2, -0.15) is 0 Å². The summed E-state index contributed by atoms with van der Waals surface area (Å²) in [6.07, 6.45) is 0.755. The van der Waals surface area contributed by atoms with Crippen LogP contribution in [-0.2, 0) is 14.1 Å². The molecule has 0 bridgehead atoms. The van der Waals surface area contributed by atoms with E-state index in [2.05, 4.69) is 0 Å². The van der Waals surface area contributed by atoms with E-state index in [0.29, 0.717) is 25.8 Å². The Morgan fingerprint density at radius 2 is 2.15 bits per heavy atom. The molecule has 1 N–H and O–H groups in total. The smallest absolute Gasteiger partial charge is 0.356 e. The molecule has 0 aromatic rings. The van der Waals surface area contributed by atoms with Crippen LogP contribution >= 0.6 is 7.80 Å². The van der Waals surface area contributed by atoms with Gasteiger partial charge < -0.3 is 9.84 Å². The van der Waals surface area contributed by atoms with E-state index in [1.165, 1.54) is 0 Å². The zero-order chi connectivity index (χ0) is 10.3. The summed E-state index contributed by atoms with van der Waals surface area (Å²) in [5.41, 5.74) is -0.713. The highest BCUT2D eigenvalue weighted by molar-refractivity contribution is 7.46. The van der Waals surface area contributed by atoms with Crippen LogP contribution in [0.25, 0.3) is 0 Å². The lowest BCUT2D eigenvalue weighted by Crippen LogP contribution is -2.16. The molecule has 2 atom stereocenters. The quantitative estimate of drug-likeness (QED) is 0.510. The number of aliphatic carboxylic acids is 1. The molecule has 0 aliphatic heterocycles. The van der Waals surface area contributed by atoms with Crippen molar-refractivity contribution in [1.82, 2.24) is 0 Å². The predicted molar refractivity (Wildman–Crippen MR) is 50.7 cm³/mol. The number of carboxylic acid groups (broad SMARTS) is 1. The van der Waals surface area contributed by atoms with Crippen molar-refractivity contribution in [3.8, 4) is 0 Å². The molecule has 0 heterocycles. The van der Waals surface area contributed by atoms with Gasteiger partial charge in [0.05, 0.1) is 6.61 Å². The molecule has 13 heavy (non-hydrogen) atoms. The average molecular weight is 207 g/mol. The first-order valence-corrected chi connectivity index (χ1v) is 5.89. The number of rotatable bonds is 7. The highest BCUT2D eigenvalue weighted by atomic mass is 31.1. The zero-order valence-corrected chi connectivity index (χ0v) is 8.92. The Hall–Kier alpha value is -0.470. The average Bonchev–Trinajstić information content (AvgIpc) is 2.05. The van der Waals surface area contributed by atoms with Gasteiger partial charge in [-0.25, -0.2) is 4.79 Å². The van der Waals surface area contributed by atoms with Crippen LogP contribution in [0.3, 0.4) is 0 Å². The van der Waals surface area contributed by atoms with Gasteiger partial charge in [0.15, 0.2) is 6.16 Å². The third kappa shape index (κ3) is 4.96. The summed E-state index contributed by atoms with van der Waals surface area (Å²) in [5, 5.41) is 8.68. The maximum atomic E-state index is 11.4. The Kier molecular flexibility index (Phi) is 6.73. The third-order valence-electron chi connectivity index (χ3n) is 1.68. The molecule has 0 amide bonds. The molecule has 2 unspecified atom stereocenters. The van der Waals surface area contributed by atoms with Gasteiger partial charge >= 0.3 is 13.8 Å². The molecule has 0 aromatic heterocycles. The van der Waals surface area contributed by atoms with Crippen molar-refractivity contribution in [2.75, 3.05) is 19.4 Å². The number of carbonyl (C=O) groups is 1. The number of carboxylic acids is 1. The fourth-order valence-electron chi connectivity index (χ4n) is 0.956. The Balaban J connectivity index is 3.85. The summed E-state index contributed by atoms with van der Waals surface area (Å²) in [6.45, 7) is 4.54. The van der Waals surface area contributed by atoms with Crippen LogP contribution in [0.4, 0.5) is 0 Å². The fraction of sp³-hybridized carbons (Fsp3) is 0.875. The van der Waals surface area contributed by atoms with E-state index in [1.807, 2.05) is 6.92 Å². The van der Waals surface area contributed by atoms with Crippen LogP contribution < -0.4 is 0 Å². The highest BCUT2D eigenvalue weighted by Crippen LogP contribution is 2.29. The molecule has 4 nitrogen and oxygen atoms in total. The van der Waals surface area contributed by atoms with Crippen LogP contribution in [-0.4, -0.2) is 36.1 Å². The summed E-state index contributed by atoms with van der Waals surface area (Å²) in [6, 6.07) is 0. The number of ether oxygens (including phenoxy) is 1. The Morgan fingerprint density at radius 1 is 1.54 bits per heavy atom. The summed E-state index contributed by atoms with van der Waals surface area (Å²) >= 11 is 0. The van der Waals surface area contributed by atoms with Crippen LogP contribution in [0, 0.1) is 0 Å². The molecule has 0 aromatic carbocycles. The van der Waals surface area contributed by atoms with E-state index >= 15 is 0 Å². The van der Waals surface area contributed by atoms with Crippen LogP contribution in [0.15, 0.2) is 0 Å². The summed E-state index contributed by atoms with van der Waals surface area (Å²) in [7, 11) is -1.67. The normalized spacial score (nSPS) is 13.8. The lowest BCUT2D eigenvalue weighted by molar-refractivity contribution is -0.136. The lowest BCUT2D eigenvalue weighted by atomic mass is 10.3. The second-order valence-electron chi connectivity index (χ2n) is 2.60. The van der Waals surface area contributed by atoms with E-state index in [4.69, 9.17) is 9.84 Å². The van der Waals surface area contributed by atoms with Gasteiger partial charge in [-0.05, 0) is 6.92 Å². The molecule has 0 saturated heterocycles. The topological polar surface area (TPSA) is 63.6 Å². The van der Waals surface area contributed by atoms with Crippen molar-refractivity contribution >= 4 is 13.8 Å². The minimum atomic E-state index is -1.67. The maximum absolute atomic E-state index is 11.4. The molecule has 0 radical (unpaired) electrons. The monoisotopic (exact) mass is 207 g/mol. The second-order valence-corrected chi connectivity index (χ2v) is 4.50. The fourth-order valence-corrected chi connectivity index (χ4v) is 2.23. The Bertz CT molecular complexity index is 181. The van der Waals surface area contributed by atoms with Crippen LogP contribution in [0.5, 0.6) is 0 Å². The Labute approximate surface area is 79.1 Å². The molecule has 0 aliphatic rings. The molecule has 0 saturated carbocycles. The first-order chi connectivity index (χ1) is 6.13. The summed E-state index contributed by atoms with van der Waals surface area (Å²) in [5.74, 6) is -0.972. The minimum absolute atomic E-state index is 0.341. The number of hydrogen-bond donors (Lipinski definition) is 1. The number of hydrogen-bond acceptors (Lipinski definition) is 3. The van der Waals surface area contributed by atoms with Crippen molar-refractivity contribution in [3.63, 3.8) is 0 Å². The van der Waals surface area contributed by atoms with Gasteiger partial charge in [-0.3, -0.25) is 0 Å². The SMILES string of the molecule is CCOCC[P+](=O)C(CC)C(=O)O. The van der Waals surface area contributed by atoms with E-state index in [0.717, 1.165) is 0 Å². The van der Waals surface area contributed by atoms with Crippen LogP contribution in [0.2, 0.25) is 0 Å². The van der Waals surface area contributed by atoms with Gasteiger partial charge in [-0.15, -0.1) is 0 Å². The standard InChI is InChI=1S/C8H15O4P/c1-3-7(8(9)10)13(11)6-5-12-4-2/h7H,3-6H2,1-2H3/p+1. The molecule has 5 heteroatoms. The van der Waals surface area contributed by atoms with E-state index in [1.54, 1.807) is 6.92 Å². The predicted octanol–water partition coefficient (Wildman–Crippen LogP) is 1.71. The van der Waals surface area contributed by atoms with Crippen molar-refractivity contribution in [2.24, 2.45) is 0 Å². The molecule has 0 spiro atoms. The van der Waals surface area contributed by atoms with Gasteiger partial charge in [0.1, 0.15) is 0 Å². The Morgan fingerprint density at radius 3 is 2.54 bits per heavy atom. The van der Waals surface area contributed by atoms with Crippen molar-refractivity contribution < 1.29 is 19.2 Å². The largest absolute Gasteiger partial charge is 0.478 e. The van der Waals surface area contributed by atoms with Gasteiger partial charge in [0.25, 0.3) is 5.66 Å². The first kappa shape index (κ1) is 12.5. The molecular weight excluding hydrogens is 191 g/mol. The summed E-state index contributed by atoms with van der Waals surface area (Å²) < 4.78 is 16.4. The maximum Gasteiger partial charge on any atom is 0.356 e. The molecule has 0 aliphatic carbocycles. The zero-order valence-electron chi connectivity index (χ0n) is 8.02. The van der Waals surface area contributed by atoms with Crippen molar-refractivity contribution in [2.45, 2.75) is 25.9 Å². The van der Waals surface area contributed by atoms with Gasteiger partial charge in [-0.1, -0.05) is 11.5 Å². The first-order valence-electron chi connectivity index (χ1n) is 4.37. The molecule has 0 rings (SSSR count). The van der Waals surface area contributed by atoms with E-state index in [-0.39, 0.29) is 0 Å². The molecular formula is C8H16O4P+.